The Morgan fingerprint density at radius 1 is 0.232 bits per heavy atom. The van der Waals surface area contributed by atoms with Crippen molar-refractivity contribution in [2.45, 2.75) is 0 Å². The fourth-order valence-corrected chi connectivity index (χ4v) is 7.72. The summed E-state index contributed by atoms with van der Waals surface area (Å²) in [6.07, 6.45) is 0. The molecule has 1 heterocycles. The molecule has 0 unspecified atom stereocenters. The van der Waals surface area contributed by atoms with Crippen LogP contribution in [0.5, 0.6) is 0 Å². The molecular weight excluding hydrogens is 677 g/mol. The van der Waals surface area contributed by atoms with Gasteiger partial charge < -0.3 is 0 Å². The minimum atomic E-state index is 0.689. The van der Waals surface area contributed by atoms with Gasteiger partial charge >= 0.3 is 0 Å². The standard InChI is InChI=1S/C54H36N2/c1-4-13-37(14-5-1)40-23-25-41(26-24-40)52-36-53(51-35-49(39-17-8-3-9-18-39)34-47-19-10-11-22-50(47)51)56-54(55-52)48-21-12-20-42(33-48)44-29-30-45-31-43(27-28-46(45)32-44)38-15-6-2-7-16-38/h1-36H. The summed E-state index contributed by atoms with van der Waals surface area (Å²) in [5, 5.41) is 4.75. The van der Waals surface area contributed by atoms with E-state index in [0.29, 0.717) is 5.82 Å². The first-order chi connectivity index (χ1) is 27.7. The average molecular weight is 713 g/mol. The van der Waals surface area contributed by atoms with Crippen molar-refractivity contribution in [3.8, 4) is 78.4 Å². The summed E-state index contributed by atoms with van der Waals surface area (Å²) >= 11 is 0. The van der Waals surface area contributed by atoms with Crippen molar-refractivity contribution < 1.29 is 0 Å². The van der Waals surface area contributed by atoms with Gasteiger partial charge in [-0.2, -0.15) is 0 Å². The van der Waals surface area contributed by atoms with Crippen molar-refractivity contribution in [1.82, 2.24) is 9.97 Å². The molecule has 10 aromatic rings. The molecular formula is C54H36N2. The minimum Gasteiger partial charge on any atom is -0.228 e. The minimum absolute atomic E-state index is 0.689. The third-order valence-electron chi connectivity index (χ3n) is 10.7. The fourth-order valence-electron chi connectivity index (χ4n) is 7.72. The summed E-state index contributed by atoms with van der Waals surface area (Å²) in [6.45, 7) is 0. The highest BCUT2D eigenvalue weighted by Crippen LogP contribution is 2.37. The zero-order chi connectivity index (χ0) is 37.3. The van der Waals surface area contributed by atoms with Crippen molar-refractivity contribution in [3.63, 3.8) is 0 Å². The molecule has 10 rings (SSSR count). The molecule has 1 aromatic heterocycles. The Balaban J connectivity index is 1.10. The second-order valence-electron chi connectivity index (χ2n) is 14.2. The number of hydrogen-bond donors (Lipinski definition) is 0. The van der Waals surface area contributed by atoms with Gasteiger partial charge in [0, 0.05) is 16.7 Å². The molecule has 9 aromatic carbocycles. The van der Waals surface area contributed by atoms with Crippen LogP contribution in [0.1, 0.15) is 0 Å². The van der Waals surface area contributed by atoms with Gasteiger partial charge in [0.1, 0.15) is 0 Å². The smallest absolute Gasteiger partial charge is 0.160 e. The second-order valence-corrected chi connectivity index (χ2v) is 14.2. The number of aromatic nitrogens is 2. The van der Waals surface area contributed by atoms with Gasteiger partial charge in [-0.25, -0.2) is 9.97 Å². The summed E-state index contributed by atoms with van der Waals surface area (Å²) in [5.41, 5.74) is 14.3. The Labute approximate surface area is 327 Å². The van der Waals surface area contributed by atoms with Gasteiger partial charge in [0.25, 0.3) is 0 Å². The molecule has 0 saturated heterocycles. The Morgan fingerprint density at radius 2 is 0.679 bits per heavy atom. The summed E-state index contributed by atoms with van der Waals surface area (Å²) in [5.74, 6) is 0.689. The third kappa shape index (κ3) is 6.55. The highest BCUT2D eigenvalue weighted by molar-refractivity contribution is 6.00. The predicted octanol–water partition coefficient (Wildman–Crippen LogP) is 14.5. The van der Waals surface area contributed by atoms with Crippen molar-refractivity contribution in [2.75, 3.05) is 0 Å². The van der Waals surface area contributed by atoms with E-state index < -0.39 is 0 Å². The van der Waals surface area contributed by atoms with Gasteiger partial charge in [-0.15, -0.1) is 0 Å². The first kappa shape index (κ1) is 33.2. The Morgan fingerprint density at radius 3 is 1.36 bits per heavy atom. The van der Waals surface area contributed by atoms with Crippen LogP contribution in [0.4, 0.5) is 0 Å². The van der Waals surface area contributed by atoms with Gasteiger partial charge in [-0.1, -0.05) is 182 Å². The number of fused-ring (bicyclic) bond motifs is 2. The monoisotopic (exact) mass is 712 g/mol. The lowest BCUT2D eigenvalue weighted by Crippen LogP contribution is -1.97. The topological polar surface area (TPSA) is 25.8 Å². The summed E-state index contributed by atoms with van der Waals surface area (Å²) in [4.78, 5) is 10.6. The number of hydrogen-bond acceptors (Lipinski definition) is 2. The molecule has 0 aliphatic heterocycles. The summed E-state index contributed by atoms with van der Waals surface area (Å²) < 4.78 is 0. The molecule has 262 valence electrons. The number of nitrogens with zero attached hydrogens (tertiary/aromatic N) is 2. The molecule has 0 amide bonds. The van der Waals surface area contributed by atoms with Crippen molar-refractivity contribution >= 4 is 21.5 Å². The van der Waals surface area contributed by atoms with Crippen LogP contribution in [-0.2, 0) is 0 Å². The number of rotatable bonds is 7. The van der Waals surface area contributed by atoms with Gasteiger partial charge in [-0.3, -0.25) is 0 Å². The fraction of sp³-hybridized carbons (Fsp3) is 0. The van der Waals surface area contributed by atoms with Crippen molar-refractivity contribution in [3.05, 3.63) is 218 Å². The Kier molecular flexibility index (Phi) is 8.55. The lowest BCUT2D eigenvalue weighted by molar-refractivity contribution is 1.18. The highest BCUT2D eigenvalue weighted by Gasteiger charge is 2.16. The van der Waals surface area contributed by atoms with E-state index in [1.807, 2.05) is 0 Å². The van der Waals surface area contributed by atoms with E-state index >= 15 is 0 Å². The first-order valence-corrected chi connectivity index (χ1v) is 19.1. The van der Waals surface area contributed by atoms with Gasteiger partial charge in [0.15, 0.2) is 5.82 Å². The Bertz CT molecular complexity index is 2990. The molecule has 0 aliphatic carbocycles. The molecule has 0 saturated carbocycles. The first-order valence-electron chi connectivity index (χ1n) is 19.1. The Hall–Kier alpha value is -7.42. The molecule has 2 nitrogen and oxygen atoms in total. The zero-order valence-electron chi connectivity index (χ0n) is 30.7. The quantitative estimate of drug-likeness (QED) is 0.164. The lowest BCUT2D eigenvalue weighted by Gasteiger charge is -2.14. The average Bonchev–Trinajstić information content (AvgIpc) is 3.29. The van der Waals surface area contributed by atoms with E-state index in [-0.39, 0.29) is 0 Å². The molecule has 2 heteroatoms. The van der Waals surface area contributed by atoms with E-state index in [1.165, 1.54) is 44.0 Å². The largest absolute Gasteiger partial charge is 0.228 e. The van der Waals surface area contributed by atoms with E-state index in [2.05, 4.69) is 218 Å². The third-order valence-corrected chi connectivity index (χ3v) is 10.7. The van der Waals surface area contributed by atoms with Crippen LogP contribution in [0.25, 0.3) is 100.0 Å². The highest BCUT2D eigenvalue weighted by atomic mass is 14.9. The van der Waals surface area contributed by atoms with Crippen molar-refractivity contribution in [1.29, 1.82) is 0 Å². The van der Waals surface area contributed by atoms with Gasteiger partial charge in [0.2, 0.25) is 0 Å². The maximum atomic E-state index is 5.36. The van der Waals surface area contributed by atoms with Crippen LogP contribution in [-0.4, -0.2) is 9.97 Å². The van der Waals surface area contributed by atoms with Crippen LogP contribution < -0.4 is 0 Å². The molecule has 0 radical (unpaired) electrons. The molecule has 0 aliphatic rings. The van der Waals surface area contributed by atoms with Crippen LogP contribution in [0.2, 0.25) is 0 Å². The second kappa shape index (κ2) is 14.4. The van der Waals surface area contributed by atoms with Crippen molar-refractivity contribution in [2.24, 2.45) is 0 Å². The molecule has 0 atom stereocenters. The van der Waals surface area contributed by atoms with Gasteiger partial charge in [0.05, 0.1) is 11.4 Å². The summed E-state index contributed by atoms with van der Waals surface area (Å²) in [7, 11) is 0. The molecule has 0 N–H and O–H groups in total. The van der Waals surface area contributed by atoms with E-state index in [1.54, 1.807) is 0 Å². The molecule has 0 bridgehead atoms. The van der Waals surface area contributed by atoms with Crippen LogP contribution >= 0.6 is 0 Å². The summed E-state index contributed by atoms with van der Waals surface area (Å²) in [6, 6.07) is 77.7. The SMILES string of the molecule is c1ccc(-c2ccc(-c3cc(-c4cc(-c5ccccc5)cc5ccccc45)nc(-c4cccc(-c5ccc6cc(-c7ccccc7)ccc6c5)c4)n3)cc2)cc1. The maximum absolute atomic E-state index is 5.36. The van der Waals surface area contributed by atoms with Gasteiger partial charge in [-0.05, 0) is 102 Å². The predicted molar refractivity (Wildman–Crippen MR) is 235 cm³/mol. The van der Waals surface area contributed by atoms with E-state index in [4.69, 9.17) is 9.97 Å². The molecule has 0 fully saturated rings. The lowest BCUT2D eigenvalue weighted by atomic mass is 9.94. The molecule has 56 heavy (non-hydrogen) atoms. The zero-order valence-corrected chi connectivity index (χ0v) is 30.7. The maximum Gasteiger partial charge on any atom is 0.160 e. The molecule has 0 spiro atoms. The van der Waals surface area contributed by atoms with Crippen LogP contribution in [0, 0.1) is 0 Å². The number of benzene rings is 9. The van der Waals surface area contributed by atoms with Crippen LogP contribution in [0.3, 0.4) is 0 Å². The van der Waals surface area contributed by atoms with E-state index in [0.717, 1.165) is 50.2 Å². The normalized spacial score (nSPS) is 11.2. The van der Waals surface area contributed by atoms with Crippen LogP contribution in [0.15, 0.2) is 218 Å². The van der Waals surface area contributed by atoms with E-state index in [9.17, 15) is 0 Å².